The summed E-state index contributed by atoms with van der Waals surface area (Å²) in [5, 5.41) is 0. The van der Waals surface area contributed by atoms with Crippen LogP contribution in [0.25, 0.3) is 45.3 Å². The molecule has 0 saturated heterocycles. The molecule has 162 valence electrons. The predicted octanol–water partition coefficient (Wildman–Crippen LogP) is 6.98. The highest BCUT2D eigenvalue weighted by molar-refractivity contribution is 5.90. The van der Waals surface area contributed by atoms with Gasteiger partial charge in [0, 0.05) is 50.9 Å². The summed E-state index contributed by atoms with van der Waals surface area (Å²) in [6, 6.07) is 23.5. The average Bonchev–Trinajstić information content (AvgIpc) is 3.55. The molecule has 0 unspecified atom stereocenters. The minimum absolute atomic E-state index is 0.00880. The van der Waals surface area contributed by atoms with E-state index in [1.165, 1.54) is 5.56 Å². The third-order valence-electron chi connectivity index (χ3n) is 6.47. The zero-order valence-electron chi connectivity index (χ0n) is 19.1. The van der Waals surface area contributed by atoms with Crippen LogP contribution in [0.15, 0.2) is 66.7 Å². The average molecular weight is 431 g/mol. The number of benzene rings is 1. The van der Waals surface area contributed by atoms with Crippen molar-refractivity contribution < 1.29 is 0 Å². The smallest absolute Gasteiger partial charge is 0.0736 e. The fraction of sp³-hybridized carbons (Fsp3) is 0.172. The molecule has 6 rings (SSSR count). The number of nitrogens with zero attached hydrogens (tertiary/aromatic N) is 2. The summed E-state index contributed by atoms with van der Waals surface area (Å²) in [7, 11) is 0. The summed E-state index contributed by atoms with van der Waals surface area (Å²) in [5.74, 6) is 0. The molecule has 4 heteroatoms. The lowest BCUT2D eigenvalue weighted by Gasteiger charge is -2.15. The van der Waals surface area contributed by atoms with Gasteiger partial charge >= 0.3 is 0 Å². The van der Waals surface area contributed by atoms with Crippen LogP contribution < -0.4 is 0 Å². The van der Waals surface area contributed by atoms with Gasteiger partial charge in [-0.15, -0.1) is 0 Å². The molecular formula is C29H26N4. The highest BCUT2D eigenvalue weighted by Crippen LogP contribution is 2.32. The van der Waals surface area contributed by atoms with Gasteiger partial charge in [0.2, 0.25) is 0 Å². The van der Waals surface area contributed by atoms with Gasteiger partial charge in [0.15, 0.2) is 0 Å². The summed E-state index contributed by atoms with van der Waals surface area (Å²) >= 11 is 0. The third kappa shape index (κ3) is 3.68. The number of aryl methyl sites for hydroxylation is 1. The van der Waals surface area contributed by atoms with Crippen molar-refractivity contribution in [1.82, 2.24) is 19.9 Å². The second-order valence-electron chi connectivity index (χ2n) is 9.67. The van der Waals surface area contributed by atoms with Gasteiger partial charge in [0.25, 0.3) is 0 Å². The van der Waals surface area contributed by atoms with Crippen LogP contribution in [0.5, 0.6) is 0 Å². The van der Waals surface area contributed by atoms with Gasteiger partial charge in [-0.3, -0.25) is 4.98 Å². The first kappa shape index (κ1) is 19.7. The molecule has 4 aromatic rings. The van der Waals surface area contributed by atoms with Crippen LogP contribution >= 0.6 is 0 Å². The molecule has 5 heterocycles. The van der Waals surface area contributed by atoms with Gasteiger partial charge in [-0.2, -0.15) is 0 Å². The Morgan fingerprint density at radius 1 is 0.758 bits per heavy atom. The second kappa shape index (κ2) is 7.31. The predicted molar refractivity (Wildman–Crippen MR) is 137 cm³/mol. The van der Waals surface area contributed by atoms with Crippen molar-refractivity contribution in [3.63, 3.8) is 0 Å². The first-order valence-electron chi connectivity index (χ1n) is 11.4. The first-order chi connectivity index (χ1) is 15.9. The van der Waals surface area contributed by atoms with Crippen LogP contribution in [0.1, 0.15) is 42.2 Å². The van der Waals surface area contributed by atoms with Crippen molar-refractivity contribution in [2.24, 2.45) is 0 Å². The lowest BCUT2D eigenvalue weighted by molar-refractivity contribution is 0.543. The molecule has 0 radical (unpaired) electrons. The molecule has 8 bridgehead atoms. The zero-order valence-corrected chi connectivity index (χ0v) is 19.1. The Labute approximate surface area is 193 Å². The van der Waals surface area contributed by atoms with Gasteiger partial charge in [-0.25, -0.2) is 4.98 Å². The highest BCUT2D eigenvalue weighted by Gasteiger charge is 2.28. The summed E-state index contributed by atoms with van der Waals surface area (Å²) in [6.07, 6.45) is 5.09. The Hall–Kier alpha value is -3.92. The van der Waals surface area contributed by atoms with Crippen molar-refractivity contribution in [3.05, 3.63) is 95.1 Å². The molecule has 2 aliphatic heterocycles. The summed E-state index contributed by atoms with van der Waals surface area (Å²) in [4.78, 5) is 17.1. The monoisotopic (exact) mass is 430 g/mol. The van der Waals surface area contributed by atoms with Gasteiger partial charge in [-0.05, 0) is 67.1 Å². The molecule has 4 nitrogen and oxygen atoms in total. The lowest BCUT2D eigenvalue weighted by atomic mass is 9.87. The first-order valence-corrected chi connectivity index (χ1v) is 11.4. The van der Waals surface area contributed by atoms with Gasteiger partial charge in [0.05, 0.1) is 11.4 Å². The minimum atomic E-state index is -0.00880. The maximum absolute atomic E-state index is 4.99. The molecule has 0 atom stereocenters. The Kier molecular flexibility index (Phi) is 4.37. The van der Waals surface area contributed by atoms with Gasteiger partial charge < -0.3 is 9.97 Å². The lowest BCUT2D eigenvalue weighted by Crippen LogP contribution is -2.14. The Balaban J connectivity index is 1.70. The van der Waals surface area contributed by atoms with Crippen LogP contribution in [0, 0.1) is 6.92 Å². The number of H-pyrrole nitrogens is 2. The molecule has 2 aliphatic rings. The van der Waals surface area contributed by atoms with E-state index in [4.69, 9.17) is 9.97 Å². The van der Waals surface area contributed by atoms with Crippen molar-refractivity contribution in [3.8, 4) is 11.1 Å². The Bertz CT molecular complexity index is 1560. The van der Waals surface area contributed by atoms with E-state index in [-0.39, 0.29) is 5.41 Å². The SMILES string of the molecule is Cc1ccc(-c2c3nc(cc4ccc(cc5nc(cc6ccc2[nH]6)CC5(C)C)[nH]4)C=C3)cc1. The molecule has 2 N–H and O–H groups in total. The van der Waals surface area contributed by atoms with Gasteiger partial charge in [-0.1, -0.05) is 43.7 Å². The number of nitrogens with one attached hydrogen (secondary N) is 2. The number of hydrogen-bond donors (Lipinski definition) is 2. The van der Waals surface area contributed by atoms with Gasteiger partial charge in [0.1, 0.15) is 0 Å². The number of aromatic amines is 2. The van der Waals surface area contributed by atoms with E-state index in [0.29, 0.717) is 0 Å². The topological polar surface area (TPSA) is 57.4 Å². The van der Waals surface area contributed by atoms with E-state index in [9.17, 15) is 0 Å². The highest BCUT2D eigenvalue weighted by atomic mass is 14.8. The maximum Gasteiger partial charge on any atom is 0.0736 e. The molecule has 0 saturated carbocycles. The standard InChI is InChI=1S/C29H26N4/c1-18-4-6-19(7-5-18)28-25-12-10-21(31-25)14-20-8-9-23(30-20)16-27-29(2,3)17-24(33-27)15-22-11-13-26(28)32-22/h4-16,30,32H,17H2,1-3H3. The van der Waals surface area contributed by atoms with E-state index in [1.54, 1.807) is 0 Å². The molecule has 0 aliphatic carbocycles. The van der Waals surface area contributed by atoms with Crippen molar-refractivity contribution in [2.75, 3.05) is 0 Å². The van der Waals surface area contributed by atoms with Crippen LogP contribution in [0.3, 0.4) is 0 Å². The fourth-order valence-electron chi connectivity index (χ4n) is 4.69. The number of hydrogen-bond acceptors (Lipinski definition) is 2. The summed E-state index contributed by atoms with van der Waals surface area (Å²) < 4.78 is 0. The third-order valence-corrected chi connectivity index (χ3v) is 6.47. The molecule has 3 aromatic heterocycles. The van der Waals surface area contributed by atoms with E-state index in [1.807, 2.05) is 0 Å². The van der Waals surface area contributed by atoms with Crippen LogP contribution in [0.4, 0.5) is 0 Å². The Morgan fingerprint density at radius 2 is 1.48 bits per heavy atom. The fourth-order valence-corrected chi connectivity index (χ4v) is 4.69. The van der Waals surface area contributed by atoms with Crippen molar-refractivity contribution >= 4 is 34.2 Å². The summed E-state index contributed by atoms with van der Waals surface area (Å²) in [6.45, 7) is 6.62. The van der Waals surface area contributed by atoms with E-state index >= 15 is 0 Å². The van der Waals surface area contributed by atoms with Crippen molar-refractivity contribution in [1.29, 1.82) is 0 Å². The Morgan fingerprint density at radius 3 is 2.30 bits per heavy atom. The zero-order chi connectivity index (χ0) is 22.6. The van der Waals surface area contributed by atoms with Crippen molar-refractivity contribution in [2.45, 2.75) is 32.6 Å². The normalized spacial score (nSPS) is 14.5. The quantitative estimate of drug-likeness (QED) is 0.301. The number of rotatable bonds is 1. The summed E-state index contributed by atoms with van der Waals surface area (Å²) in [5.41, 5.74) is 11.8. The molecule has 1 aromatic carbocycles. The van der Waals surface area contributed by atoms with E-state index in [2.05, 4.69) is 110 Å². The second-order valence-corrected chi connectivity index (χ2v) is 9.67. The van der Waals surface area contributed by atoms with E-state index < -0.39 is 0 Å². The van der Waals surface area contributed by atoms with E-state index in [0.717, 1.165) is 62.4 Å². The molecule has 0 fully saturated rings. The molecule has 33 heavy (non-hydrogen) atoms. The molecule has 0 spiro atoms. The maximum atomic E-state index is 4.99. The number of fused-ring (bicyclic) bond motifs is 8. The molecular weight excluding hydrogens is 404 g/mol. The van der Waals surface area contributed by atoms with Crippen LogP contribution in [0.2, 0.25) is 0 Å². The number of aromatic nitrogens is 4. The largest absolute Gasteiger partial charge is 0.355 e. The van der Waals surface area contributed by atoms with Crippen LogP contribution in [-0.2, 0) is 11.8 Å². The van der Waals surface area contributed by atoms with Crippen LogP contribution in [-0.4, -0.2) is 19.9 Å². The minimum Gasteiger partial charge on any atom is -0.355 e. The molecule has 0 amide bonds.